The largest absolute Gasteiger partial charge is 0.468 e. The van der Waals surface area contributed by atoms with Gasteiger partial charge in [0.2, 0.25) is 5.79 Å². The number of fused-ring (bicyclic) bond motifs is 4. The molecular formula is C22H28O8. The van der Waals surface area contributed by atoms with E-state index >= 15 is 0 Å². The summed E-state index contributed by atoms with van der Waals surface area (Å²) >= 11 is 0. The third-order valence-corrected chi connectivity index (χ3v) is 8.36. The van der Waals surface area contributed by atoms with Crippen LogP contribution in [-0.2, 0) is 33.4 Å². The fraction of sp³-hybridized carbons (Fsp3) is 0.727. The topological polar surface area (TPSA) is 116 Å². The average molecular weight is 420 g/mol. The maximum absolute atomic E-state index is 12.9. The van der Waals surface area contributed by atoms with Crippen LogP contribution in [0, 0.1) is 34.5 Å². The van der Waals surface area contributed by atoms with Gasteiger partial charge < -0.3 is 24.1 Å². The molecule has 0 aromatic rings. The van der Waals surface area contributed by atoms with Crippen molar-refractivity contribution in [3.05, 3.63) is 11.6 Å². The monoisotopic (exact) mass is 420 g/mol. The minimum Gasteiger partial charge on any atom is -0.468 e. The first-order valence-electron chi connectivity index (χ1n) is 10.5. The molecule has 0 aromatic heterocycles. The molecule has 6 atom stereocenters. The van der Waals surface area contributed by atoms with E-state index in [1.54, 1.807) is 0 Å². The maximum Gasteiger partial charge on any atom is 0.333 e. The van der Waals surface area contributed by atoms with E-state index in [0.717, 1.165) is 6.29 Å². The SMILES string of the molecule is COC(=O)C1(C(=O)OC)CCC[C@]2(C=O)[C@H]3C[C@@]4(O)OC(=O)C=C4[C@H](C)[C@@H]3CC[C@@H]12. The Bertz CT molecular complexity index is 815. The molecule has 1 aliphatic heterocycles. The second kappa shape index (κ2) is 6.90. The highest BCUT2D eigenvalue weighted by Crippen LogP contribution is 2.66. The van der Waals surface area contributed by atoms with E-state index in [1.807, 2.05) is 6.92 Å². The number of ether oxygens (including phenoxy) is 3. The Labute approximate surface area is 174 Å². The Morgan fingerprint density at radius 2 is 1.87 bits per heavy atom. The molecule has 0 aromatic carbocycles. The molecular weight excluding hydrogens is 392 g/mol. The molecule has 4 aliphatic rings. The first-order valence-corrected chi connectivity index (χ1v) is 10.5. The third-order valence-electron chi connectivity index (χ3n) is 8.36. The number of hydrogen-bond donors (Lipinski definition) is 1. The zero-order chi connectivity index (χ0) is 21.9. The van der Waals surface area contributed by atoms with Crippen molar-refractivity contribution in [2.45, 2.75) is 51.2 Å². The van der Waals surface area contributed by atoms with Gasteiger partial charge in [-0.05, 0) is 49.4 Å². The predicted molar refractivity (Wildman–Crippen MR) is 101 cm³/mol. The first kappa shape index (κ1) is 21.0. The number of rotatable bonds is 3. The second-order valence-electron chi connectivity index (χ2n) is 9.24. The van der Waals surface area contributed by atoms with E-state index in [1.165, 1.54) is 20.3 Å². The van der Waals surface area contributed by atoms with E-state index in [0.29, 0.717) is 31.3 Å². The molecule has 3 saturated carbocycles. The van der Waals surface area contributed by atoms with Gasteiger partial charge in [0.1, 0.15) is 6.29 Å². The van der Waals surface area contributed by atoms with Crippen molar-refractivity contribution in [1.82, 2.24) is 0 Å². The molecule has 1 heterocycles. The Kier molecular flexibility index (Phi) is 4.84. The van der Waals surface area contributed by atoms with E-state index in [4.69, 9.17) is 14.2 Å². The van der Waals surface area contributed by atoms with Gasteiger partial charge in [-0.3, -0.25) is 9.59 Å². The Hall–Kier alpha value is -2.22. The van der Waals surface area contributed by atoms with Crippen LogP contribution in [0.2, 0.25) is 0 Å². The molecule has 0 spiro atoms. The number of methoxy groups -OCH3 is 2. The molecule has 0 saturated heterocycles. The molecule has 164 valence electrons. The molecule has 0 radical (unpaired) electrons. The van der Waals surface area contributed by atoms with E-state index in [9.17, 15) is 24.3 Å². The summed E-state index contributed by atoms with van der Waals surface area (Å²) in [5.41, 5.74) is -2.02. The minimum atomic E-state index is -1.74. The highest BCUT2D eigenvalue weighted by atomic mass is 16.7. The Morgan fingerprint density at radius 1 is 1.20 bits per heavy atom. The van der Waals surface area contributed by atoms with Crippen LogP contribution in [0.4, 0.5) is 0 Å². The molecule has 3 aliphatic carbocycles. The van der Waals surface area contributed by atoms with Crippen molar-refractivity contribution in [2.75, 3.05) is 14.2 Å². The highest BCUT2D eigenvalue weighted by Gasteiger charge is 2.70. The van der Waals surface area contributed by atoms with Gasteiger partial charge in [-0.2, -0.15) is 0 Å². The normalized spacial score (nSPS) is 41.3. The quantitative estimate of drug-likeness (QED) is 0.316. The Balaban J connectivity index is 1.83. The summed E-state index contributed by atoms with van der Waals surface area (Å²) in [5.74, 6) is -4.77. The van der Waals surface area contributed by atoms with E-state index in [2.05, 4.69) is 0 Å². The van der Waals surface area contributed by atoms with Gasteiger partial charge in [0, 0.05) is 23.5 Å². The van der Waals surface area contributed by atoms with Gasteiger partial charge in [-0.1, -0.05) is 13.3 Å². The molecule has 8 nitrogen and oxygen atoms in total. The summed E-state index contributed by atoms with van der Waals surface area (Å²) in [5, 5.41) is 11.1. The van der Waals surface area contributed by atoms with E-state index < -0.39 is 40.4 Å². The third kappa shape index (κ3) is 2.49. The number of carbonyl (C=O) groups excluding carboxylic acids is 4. The van der Waals surface area contributed by atoms with Crippen LogP contribution in [0.25, 0.3) is 0 Å². The van der Waals surface area contributed by atoms with Crippen molar-refractivity contribution in [1.29, 1.82) is 0 Å². The number of esters is 3. The van der Waals surface area contributed by atoms with Gasteiger partial charge in [-0.25, -0.2) is 4.79 Å². The summed E-state index contributed by atoms with van der Waals surface area (Å²) in [6.45, 7) is 1.94. The molecule has 0 bridgehead atoms. The summed E-state index contributed by atoms with van der Waals surface area (Å²) < 4.78 is 15.3. The summed E-state index contributed by atoms with van der Waals surface area (Å²) in [6.07, 6.45) is 4.66. The lowest BCUT2D eigenvalue weighted by molar-refractivity contribution is -0.223. The summed E-state index contributed by atoms with van der Waals surface area (Å²) in [4.78, 5) is 50.5. The lowest BCUT2D eigenvalue weighted by Crippen LogP contribution is -2.64. The van der Waals surface area contributed by atoms with Crippen LogP contribution in [0.5, 0.6) is 0 Å². The lowest BCUT2D eigenvalue weighted by atomic mass is 9.42. The number of hydrogen-bond acceptors (Lipinski definition) is 8. The molecule has 4 rings (SSSR count). The Morgan fingerprint density at radius 3 is 2.47 bits per heavy atom. The molecule has 30 heavy (non-hydrogen) atoms. The van der Waals surface area contributed by atoms with Crippen LogP contribution in [0.1, 0.15) is 45.4 Å². The fourth-order valence-electron chi connectivity index (χ4n) is 7.17. The van der Waals surface area contributed by atoms with Crippen molar-refractivity contribution >= 4 is 24.2 Å². The van der Waals surface area contributed by atoms with Crippen molar-refractivity contribution in [3.63, 3.8) is 0 Å². The summed E-state index contributed by atoms with van der Waals surface area (Å²) in [7, 11) is 2.46. The molecule has 8 heteroatoms. The standard InChI is InChI=1S/C22H28O8/c1-12-13-5-6-16-20(11-23,15(13)10-22(27)14(12)9-17(24)30-22)7-4-8-21(16,18(25)28-2)19(26)29-3/h9,11-13,15-16,27H,4-8,10H2,1-3H3/t12-,13+,15+,16-,20+,22-/m1/s1. The average Bonchev–Trinajstić information content (AvgIpc) is 3.06. The van der Waals surface area contributed by atoms with Crippen molar-refractivity contribution in [3.8, 4) is 0 Å². The van der Waals surface area contributed by atoms with Crippen molar-refractivity contribution in [2.24, 2.45) is 34.5 Å². The number of aliphatic hydroxyl groups is 1. The van der Waals surface area contributed by atoms with Gasteiger partial charge in [-0.15, -0.1) is 0 Å². The summed E-state index contributed by atoms with van der Waals surface area (Å²) in [6, 6.07) is 0. The van der Waals surface area contributed by atoms with Crippen LogP contribution >= 0.6 is 0 Å². The van der Waals surface area contributed by atoms with Gasteiger partial charge in [0.05, 0.1) is 14.2 Å². The predicted octanol–water partition coefficient (Wildman–Crippen LogP) is 1.54. The maximum atomic E-state index is 12.9. The highest BCUT2D eigenvalue weighted by molar-refractivity contribution is 6.01. The zero-order valence-electron chi connectivity index (χ0n) is 17.5. The van der Waals surface area contributed by atoms with Crippen molar-refractivity contribution < 1.29 is 38.5 Å². The van der Waals surface area contributed by atoms with E-state index in [-0.39, 0.29) is 30.6 Å². The zero-order valence-corrected chi connectivity index (χ0v) is 17.5. The second-order valence-corrected chi connectivity index (χ2v) is 9.24. The van der Waals surface area contributed by atoms with Gasteiger partial charge in [0.25, 0.3) is 0 Å². The first-order chi connectivity index (χ1) is 14.2. The van der Waals surface area contributed by atoms with Crippen LogP contribution in [-0.4, -0.2) is 49.3 Å². The van der Waals surface area contributed by atoms with Gasteiger partial charge in [0.15, 0.2) is 5.41 Å². The molecule has 3 fully saturated rings. The lowest BCUT2D eigenvalue weighted by Gasteiger charge is -2.60. The number of carbonyl (C=O) groups is 4. The minimum absolute atomic E-state index is 0.0265. The smallest absolute Gasteiger partial charge is 0.333 e. The molecule has 0 amide bonds. The van der Waals surface area contributed by atoms with Gasteiger partial charge >= 0.3 is 17.9 Å². The molecule has 0 unspecified atom stereocenters. The number of aldehydes is 1. The van der Waals surface area contributed by atoms with Crippen LogP contribution in [0.15, 0.2) is 11.6 Å². The van der Waals surface area contributed by atoms with Crippen LogP contribution < -0.4 is 0 Å². The fourth-order valence-corrected chi connectivity index (χ4v) is 7.17. The molecule has 1 N–H and O–H groups in total. The van der Waals surface area contributed by atoms with Crippen LogP contribution in [0.3, 0.4) is 0 Å².